The third kappa shape index (κ3) is 2.64. The van der Waals surface area contributed by atoms with Crippen molar-refractivity contribution in [1.82, 2.24) is 25.1 Å². The molecule has 0 bridgehead atoms. The molecule has 0 spiro atoms. The standard InChI is InChI=1S/C21H16N6/c22-20-16-7-6-15(12-17(16)26-27-20)19-18(13-8-10-23-11-9-13)24-21(25-19)14-4-2-1-3-5-14/h1-12H,(H,24,25)(H3,22,26,27). The molecule has 0 unspecified atom stereocenters. The van der Waals surface area contributed by atoms with Crippen molar-refractivity contribution in [2.45, 2.75) is 0 Å². The molecule has 130 valence electrons. The maximum Gasteiger partial charge on any atom is 0.153 e. The van der Waals surface area contributed by atoms with Crippen LogP contribution in [0.3, 0.4) is 0 Å². The third-order valence-electron chi connectivity index (χ3n) is 4.59. The second-order valence-electron chi connectivity index (χ2n) is 6.28. The number of nitrogens with zero attached hydrogens (tertiary/aromatic N) is 3. The normalized spacial score (nSPS) is 11.1. The zero-order valence-corrected chi connectivity index (χ0v) is 14.3. The van der Waals surface area contributed by atoms with Gasteiger partial charge in [0, 0.05) is 34.5 Å². The Balaban J connectivity index is 1.72. The fourth-order valence-corrected chi connectivity index (χ4v) is 3.23. The van der Waals surface area contributed by atoms with Crippen molar-refractivity contribution in [3.05, 3.63) is 73.1 Å². The van der Waals surface area contributed by atoms with Crippen LogP contribution in [0.15, 0.2) is 73.1 Å². The molecule has 3 aromatic heterocycles. The molecule has 0 aliphatic heterocycles. The van der Waals surface area contributed by atoms with E-state index < -0.39 is 0 Å². The van der Waals surface area contributed by atoms with Gasteiger partial charge in [-0.1, -0.05) is 36.4 Å². The quantitative estimate of drug-likeness (QED) is 0.452. The van der Waals surface area contributed by atoms with Crippen LogP contribution >= 0.6 is 0 Å². The minimum atomic E-state index is 0.500. The molecule has 4 N–H and O–H groups in total. The van der Waals surface area contributed by atoms with E-state index in [1.807, 2.05) is 60.7 Å². The van der Waals surface area contributed by atoms with Crippen LogP contribution < -0.4 is 5.73 Å². The molecule has 0 atom stereocenters. The molecular weight excluding hydrogens is 336 g/mol. The third-order valence-corrected chi connectivity index (χ3v) is 4.59. The van der Waals surface area contributed by atoms with Gasteiger partial charge in [0.05, 0.1) is 16.9 Å². The molecule has 5 aromatic rings. The first kappa shape index (κ1) is 15.3. The Hall–Kier alpha value is -3.93. The number of hydrogen-bond acceptors (Lipinski definition) is 4. The van der Waals surface area contributed by atoms with E-state index in [4.69, 9.17) is 10.7 Å². The average molecular weight is 352 g/mol. The van der Waals surface area contributed by atoms with Gasteiger partial charge in [-0.3, -0.25) is 10.1 Å². The number of imidazole rings is 1. The summed E-state index contributed by atoms with van der Waals surface area (Å²) < 4.78 is 0. The van der Waals surface area contributed by atoms with Gasteiger partial charge >= 0.3 is 0 Å². The van der Waals surface area contributed by atoms with Crippen LogP contribution in [0, 0.1) is 0 Å². The van der Waals surface area contributed by atoms with Crippen molar-refractivity contribution in [2.75, 3.05) is 5.73 Å². The molecule has 3 heterocycles. The van der Waals surface area contributed by atoms with E-state index in [1.54, 1.807) is 12.4 Å². The zero-order valence-electron chi connectivity index (χ0n) is 14.3. The second-order valence-corrected chi connectivity index (χ2v) is 6.28. The summed E-state index contributed by atoms with van der Waals surface area (Å²) in [5.41, 5.74) is 11.6. The summed E-state index contributed by atoms with van der Waals surface area (Å²) in [4.78, 5) is 12.5. The number of rotatable bonds is 3. The van der Waals surface area contributed by atoms with Crippen molar-refractivity contribution < 1.29 is 0 Å². The van der Waals surface area contributed by atoms with Gasteiger partial charge in [0.15, 0.2) is 5.82 Å². The summed E-state index contributed by atoms with van der Waals surface area (Å²) in [7, 11) is 0. The lowest BCUT2D eigenvalue weighted by Crippen LogP contribution is -1.85. The molecule has 6 heteroatoms. The van der Waals surface area contributed by atoms with Gasteiger partial charge in [0.2, 0.25) is 0 Å². The number of nitrogen functional groups attached to an aromatic ring is 1. The number of hydrogen-bond donors (Lipinski definition) is 3. The van der Waals surface area contributed by atoms with Gasteiger partial charge in [0.1, 0.15) is 5.82 Å². The van der Waals surface area contributed by atoms with Gasteiger partial charge in [-0.25, -0.2) is 4.98 Å². The van der Waals surface area contributed by atoms with Crippen molar-refractivity contribution in [3.8, 4) is 33.9 Å². The first-order valence-electron chi connectivity index (χ1n) is 8.59. The summed E-state index contributed by atoms with van der Waals surface area (Å²) in [6, 6.07) is 20.0. The highest BCUT2D eigenvalue weighted by atomic mass is 15.1. The largest absolute Gasteiger partial charge is 0.382 e. The van der Waals surface area contributed by atoms with E-state index in [1.165, 1.54) is 0 Å². The molecule has 0 radical (unpaired) electrons. The smallest absolute Gasteiger partial charge is 0.153 e. The van der Waals surface area contributed by atoms with E-state index in [-0.39, 0.29) is 0 Å². The minimum Gasteiger partial charge on any atom is -0.382 e. The van der Waals surface area contributed by atoms with Crippen LogP contribution in [-0.4, -0.2) is 25.1 Å². The Morgan fingerprint density at radius 2 is 1.63 bits per heavy atom. The second kappa shape index (κ2) is 6.10. The highest BCUT2D eigenvalue weighted by Crippen LogP contribution is 2.34. The van der Waals surface area contributed by atoms with Crippen LogP contribution in [0.2, 0.25) is 0 Å². The predicted molar refractivity (Wildman–Crippen MR) is 107 cm³/mol. The monoisotopic (exact) mass is 352 g/mol. The molecule has 0 saturated heterocycles. The Morgan fingerprint density at radius 3 is 2.44 bits per heavy atom. The fraction of sp³-hybridized carbons (Fsp3) is 0. The number of fused-ring (bicyclic) bond motifs is 1. The fourth-order valence-electron chi connectivity index (χ4n) is 3.23. The zero-order chi connectivity index (χ0) is 18.2. The van der Waals surface area contributed by atoms with E-state index in [0.717, 1.165) is 44.8 Å². The molecule has 0 aliphatic carbocycles. The summed E-state index contributed by atoms with van der Waals surface area (Å²) in [6.45, 7) is 0. The number of nitrogens with one attached hydrogen (secondary N) is 2. The van der Waals surface area contributed by atoms with Crippen LogP contribution in [0.1, 0.15) is 0 Å². The van der Waals surface area contributed by atoms with Crippen LogP contribution in [0.4, 0.5) is 5.82 Å². The van der Waals surface area contributed by atoms with Crippen LogP contribution in [0.5, 0.6) is 0 Å². The van der Waals surface area contributed by atoms with Gasteiger partial charge < -0.3 is 10.7 Å². The first-order valence-corrected chi connectivity index (χ1v) is 8.59. The SMILES string of the molecule is Nc1n[nH]c2cc(-c3[nH]c(-c4ccccc4)nc3-c3ccncc3)ccc12. The topological polar surface area (TPSA) is 96.3 Å². The van der Waals surface area contributed by atoms with Crippen LogP contribution in [-0.2, 0) is 0 Å². The predicted octanol–water partition coefficient (Wildman–Crippen LogP) is 4.26. The van der Waals surface area contributed by atoms with E-state index >= 15 is 0 Å². The Morgan fingerprint density at radius 1 is 0.815 bits per heavy atom. The van der Waals surface area contributed by atoms with E-state index in [9.17, 15) is 0 Å². The van der Waals surface area contributed by atoms with Gasteiger partial charge in [0.25, 0.3) is 0 Å². The highest BCUT2D eigenvalue weighted by Gasteiger charge is 2.16. The van der Waals surface area contributed by atoms with E-state index in [0.29, 0.717) is 5.82 Å². The lowest BCUT2D eigenvalue weighted by atomic mass is 10.0. The van der Waals surface area contributed by atoms with Crippen molar-refractivity contribution in [3.63, 3.8) is 0 Å². The van der Waals surface area contributed by atoms with Gasteiger partial charge in [-0.05, 0) is 24.3 Å². The number of anilines is 1. The first-order chi connectivity index (χ1) is 13.3. The lowest BCUT2D eigenvalue weighted by molar-refractivity contribution is 1.13. The number of aromatic amines is 2. The average Bonchev–Trinajstić information content (AvgIpc) is 3.33. The number of H-pyrrole nitrogens is 2. The summed E-state index contributed by atoms with van der Waals surface area (Å²) in [5.74, 6) is 1.32. The number of aromatic nitrogens is 5. The molecule has 0 amide bonds. The summed E-state index contributed by atoms with van der Waals surface area (Å²) in [6.07, 6.45) is 3.55. The van der Waals surface area contributed by atoms with Crippen LogP contribution in [0.25, 0.3) is 44.8 Å². The maximum absolute atomic E-state index is 5.90. The molecule has 2 aromatic carbocycles. The Kier molecular flexibility index (Phi) is 3.47. The van der Waals surface area contributed by atoms with Crippen molar-refractivity contribution in [1.29, 1.82) is 0 Å². The molecular formula is C21H16N6. The van der Waals surface area contributed by atoms with Gasteiger partial charge in [-0.15, -0.1) is 0 Å². The maximum atomic E-state index is 5.90. The van der Waals surface area contributed by atoms with E-state index in [2.05, 4.69) is 20.2 Å². The molecule has 0 fully saturated rings. The Bertz CT molecular complexity index is 1220. The number of nitrogens with two attached hydrogens (primary N) is 1. The van der Waals surface area contributed by atoms with Gasteiger partial charge in [-0.2, -0.15) is 5.10 Å². The van der Waals surface area contributed by atoms with Crippen molar-refractivity contribution in [2.24, 2.45) is 0 Å². The molecule has 0 saturated carbocycles. The van der Waals surface area contributed by atoms with Crippen molar-refractivity contribution >= 4 is 16.7 Å². The molecule has 6 nitrogen and oxygen atoms in total. The lowest BCUT2D eigenvalue weighted by Gasteiger charge is -2.03. The molecule has 5 rings (SSSR count). The minimum absolute atomic E-state index is 0.500. The number of benzene rings is 2. The summed E-state index contributed by atoms with van der Waals surface area (Å²) >= 11 is 0. The molecule has 27 heavy (non-hydrogen) atoms. The summed E-state index contributed by atoms with van der Waals surface area (Å²) in [5, 5.41) is 7.97. The molecule has 0 aliphatic rings. The Labute approximate surface area is 155 Å². The number of pyridine rings is 1. The highest BCUT2D eigenvalue weighted by molar-refractivity contribution is 5.93.